The molecular formula is C14H19N5O2. The first-order valence-corrected chi connectivity index (χ1v) is 6.68. The minimum Gasteiger partial charge on any atom is -0.383 e. The maximum atomic E-state index is 11.7. The summed E-state index contributed by atoms with van der Waals surface area (Å²) in [5.41, 5.74) is 0.819. The molecule has 0 atom stereocenters. The maximum Gasteiger partial charge on any atom is 0.239 e. The van der Waals surface area contributed by atoms with Crippen molar-refractivity contribution in [3.05, 3.63) is 24.3 Å². The van der Waals surface area contributed by atoms with Gasteiger partial charge in [0.1, 0.15) is 5.82 Å². The number of carbonyl (C=O) groups is 1. The Kier molecular flexibility index (Phi) is 5.28. The van der Waals surface area contributed by atoms with E-state index in [0.717, 1.165) is 10.9 Å². The summed E-state index contributed by atoms with van der Waals surface area (Å²) in [5, 5.41) is 9.58. The minimum absolute atomic E-state index is 0.110. The monoisotopic (exact) mass is 289 g/mol. The van der Waals surface area contributed by atoms with E-state index in [1.54, 1.807) is 14.2 Å². The van der Waals surface area contributed by atoms with Crippen molar-refractivity contribution < 1.29 is 9.53 Å². The lowest BCUT2D eigenvalue weighted by Gasteiger charge is -2.10. The van der Waals surface area contributed by atoms with Crippen molar-refractivity contribution in [2.45, 2.75) is 0 Å². The summed E-state index contributed by atoms with van der Waals surface area (Å²) in [6.07, 6.45) is 0. The zero-order valence-electron chi connectivity index (χ0n) is 12.1. The number of carbonyl (C=O) groups excluding carboxylic acids is 1. The highest BCUT2D eigenvalue weighted by Crippen LogP contribution is 2.21. The first kappa shape index (κ1) is 15.0. The Morgan fingerprint density at radius 3 is 2.86 bits per heavy atom. The fourth-order valence-electron chi connectivity index (χ4n) is 1.84. The van der Waals surface area contributed by atoms with Crippen LogP contribution in [0, 0.1) is 0 Å². The van der Waals surface area contributed by atoms with Crippen molar-refractivity contribution in [3.63, 3.8) is 0 Å². The average molecular weight is 289 g/mol. The first-order chi connectivity index (χ1) is 10.2. The van der Waals surface area contributed by atoms with Gasteiger partial charge in [-0.25, -0.2) is 4.98 Å². The Morgan fingerprint density at radius 1 is 1.29 bits per heavy atom. The van der Waals surface area contributed by atoms with Gasteiger partial charge >= 0.3 is 0 Å². The number of anilines is 2. The lowest BCUT2D eigenvalue weighted by Crippen LogP contribution is -2.32. The van der Waals surface area contributed by atoms with Crippen LogP contribution in [0.15, 0.2) is 24.3 Å². The van der Waals surface area contributed by atoms with Gasteiger partial charge in [-0.1, -0.05) is 12.1 Å². The quantitative estimate of drug-likeness (QED) is 0.655. The third-order valence-corrected chi connectivity index (χ3v) is 2.87. The lowest BCUT2D eigenvalue weighted by atomic mass is 10.2. The van der Waals surface area contributed by atoms with Gasteiger partial charge in [0.25, 0.3) is 0 Å². The van der Waals surface area contributed by atoms with Crippen molar-refractivity contribution in [2.24, 2.45) is 0 Å². The van der Waals surface area contributed by atoms with E-state index < -0.39 is 0 Å². The number of methoxy groups -OCH3 is 1. The van der Waals surface area contributed by atoms with Crippen molar-refractivity contribution >= 4 is 28.6 Å². The van der Waals surface area contributed by atoms with E-state index in [1.165, 1.54) is 0 Å². The number of rotatable bonds is 7. The number of fused-ring (bicyclic) bond motifs is 1. The zero-order chi connectivity index (χ0) is 15.1. The summed E-state index contributed by atoms with van der Waals surface area (Å²) < 4.78 is 4.88. The van der Waals surface area contributed by atoms with Crippen LogP contribution in [-0.4, -0.2) is 49.7 Å². The fourth-order valence-corrected chi connectivity index (χ4v) is 1.84. The summed E-state index contributed by atoms with van der Waals surface area (Å²) in [6, 6.07) is 7.65. The minimum atomic E-state index is -0.110. The molecule has 0 radical (unpaired) electrons. The largest absolute Gasteiger partial charge is 0.383 e. The fraction of sp³-hybridized carbons (Fsp3) is 0.357. The van der Waals surface area contributed by atoms with E-state index in [4.69, 9.17) is 4.74 Å². The smallest absolute Gasteiger partial charge is 0.239 e. The first-order valence-electron chi connectivity index (χ1n) is 6.68. The Hall–Kier alpha value is -2.41. The second kappa shape index (κ2) is 7.39. The summed E-state index contributed by atoms with van der Waals surface area (Å²) >= 11 is 0. The van der Waals surface area contributed by atoms with E-state index in [-0.39, 0.29) is 12.5 Å². The van der Waals surface area contributed by atoms with Crippen LogP contribution in [0.25, 0.3) is 10.9 Å². The molecule has 7 nitrogen and oxygen atoms in total. The Labute approximate surface area is 123 Å². The number of aromatic nitrogens is 2. The highest BCUT2D eigenvalue weighted by atomic mass is 16.5. The molecule has 1 amide bonds. The van der Waals surface area contributed by atoms with Gasteiger partial charge in [-0.05, 0) is 12.1 Å². The molecule has 0 bridgehead atoms. The molecule has 112 valence electrons. The van der Waals surface area contributed by atoms with Crippen LogP contribution < -0.4 is 16.0 Å². The van der Waals surface area contributed by atoms with E-state index in [0.29, 0.717) is 24.9 Å². The molecule has 0 aliphatic heterocycles. The highest BCUT2D eigenvalue weighted by molar-refractivity contribution is 5.91. The molecule has 2 rings (SSSR count). The van der Waals surface area contributed by atoms with Crippen molar-refractivity contribution in [1.29, 1.82) is 0 Å². The number of nitrogens with one attached hydrogen (secondary N) is 3. The molecule has 1 heterocycles. The Balaban J connectivity index is 2.08. The molecule has 7 heteroatoms. The van der Waals surface area contributed by atoms with Gasteiger partial charge in [-0.15, -0.1) is 0 Å². The number of hydrogen-bond acceptors (Lipinski definition) is 6. The number of nitrogens with zero attached hydrogens (tertiary/aromatic N) is 2. The van der Waals surface area contributed by atoms with Crippen LogP contribution in [-0.2, 0) is 9.53 Å². The normalized spacial score (nSPS) is 10.4. The van der Waals surface area contributed by atoms with E-state index in [2.05, 4.69) is 25.9 Å². The zero-order valence-corrected chi connectivity index (χ0v) is 12.1. The predicted octanol–water partition coefficient (Wildman–Crippen LogP) is 0.846. The van der Waals surface area contributed by atoms with Gasteiger partial charge in [0.2, 0.25) is 11.9 Å². The van der Waals surface area contributed by atoms with E-state index in [9.17, 15) is 4.79 Å². The van der Waals surface area contributed by atoms with Crippen LogP contribution in [0.5, 0.6) is 0 Å². The lowest BCUT2D eigenvalue weighted by molar-refractivity contribution is -0.119. The molecule has 0 spiro atoms. The van der Waals surface area contributed by atoms with Crippen molar-refractivity contribution in [2.75, 3.05) is 44.5 Å². The van der Waals surface area contributed by atoms with Gasteiger partial charge < -0.3 is 20.7 Å². The van der Waals surface area contributed by atoms with Crippen molar-refractivity contribution in [3.8, 4) is 0 Å². The molecule has 0 saturated heterocycles. The molecule has 0 fully saturated rings. The average Bonchev–Trinajstić information content (AvgIpc) is 2.52. The molecular weight excluding hydrogens is 270 g/mol. The number of ether oxygens (including phenoxy) is 1. The van der Waals surface area contributed by atoms with Crippen LogP contribution in [0.4, 0.5) is 11.8 Å². The second-order valence-electron chi connectivity index (χ2n) is 4.36. The number of hydrogen-bond donors (Lipinski definition) is 3. The number of amides is 1. The third kappa shape index (κ3) is 4.03. The molecule has 0 aliphatic rings. The molecule has 0 aliphatic carbocycles. The van der Waals surface area contributed by atoms with E-state index in [1.807, 2.05) is 24.3 Å². The molecule has 1 aromatic carbocycles. The summed E-state index contributed by atoms with van der Waals surface area (Å²) in [7, 11) is 3.35. The van der Waals surface area contributed by atoms with Crippen LogP contribution in [0.3, 0.4) is 0 Å². The SMILES string of the molecule is CNc1nc(NCC(=O)NCCOC)c2ccccc2n1. The topological polar surface area (TPSA) is 88.2 Å². The van der Waals surface area contributed by atoms with Gasteiger partial charge in [0, 0.05) is 26.1 Å². The molecule has 0 saturated carbocycles. The molecule has 1 aromatic heterocycles. The molecule has 2 aromatic rings. The molecule has 21 heavy (non-hydrogen) atoms. The molecule has 0 unspecified atom stereocenters. The van der Waals surface area contributed by atoms with Gasteiger partial charge in [-0.3, -0.25) is 4.79 Å². The second-order valence-corrected chi connectivity index (χ2v) is 4.36. The Morgan fingerprint density at radius 2 is 2.10 bits per heavy atom. The predicted molar refractivity (Wildman–Crippen MR) is 82.5 cm³/mol. The van der Waals surface area contributed by atoms with Gasteiger partial charge in [0.15, 0.2) is 0 Å². The molecule has 3 N–H and O–H groups in total. The van der Waals surface area contributed by atoms with Crippen molar-refractivity contribution in [1.82, 2.24) is 15.3 Å². The maximum absolute atomic E-state index is 11.7. The van der Waals surface area contributed by atoms with Gasteiger partial charge in [-0.2, -0.15) is 4.98 Å². The standard InChI is InChI=1S/C14H19N5O2/c1-15-14-18-11-6-4-3-5-10(11)13(19-14)17-9-12(20)16-7-8-21-2/h3-6H,7-9H2,1-2H3,(H,16,20)(H2,15,17,18,19). The summed E-state index contributed by atoms with van der Waals surface area (Å²) in [6.45, 7) is 1.13. The van der Waals surface area contributed by atoms with Crippen LogP contribution in [0.2, 0.25) is 0 Å². The van der Waals surface area contributed by atoms with Crippen LogP contribution in [0.1, 0.15) is 0 Å². The number of benzene rings is 1. The number of para-hydroxylation sites is 1. The van der Waals surface area contributed by atoms with Gasteiger partial charge in [0.05, 0.1) is 18.7 Å². The summed E-state index contributed by atoms with van der Waals surface area (Å²) in [5.74, 6) is 1.03. The van der Waals surface area contributed by atoms with Crippen LogP contribution >= 0.6 is 0 Å². The summed E-state index contributed by atoms with van der Waals surface area (Å²) in [4.78, 5) is 20.4. The Bertz CT molecular complexity index is 617. The van der Waals surface area contributed by atoms with E-state index >= 15 is 0 Å². The highest BCUT2D eigenvalue weighted by Gasteiger charge is 2.08. The third-order valence-electron chi connectivity index (χ3n) is 2.87.